The van der Waals surface area contributed by atoms with Crippen molar-refractivity contribution >= 4 is 11.0 Å². The number of nitrogens with zero attached hydrogens (tertiary/aromatic N) is 3. The normalized spacial score (nSPS) is 11.1. The Balaban J connectivity index is 1.53. The molecular weight excluding hydrogens is 274 g/mol. The number of aromatic amines is 2. The van der Waals surface area contributed by atoms with Crippen LogP contribution in [0.2, 0.25) is 0 Å². The number of fused-ring (bicyclic) bond motifs is 1. The van der Waals surface area contributed by atoms with E-state index in [0.29, 0.717) is 0 Å². The zero-order valence-corrected chi connectivity index (χ0v) is 12.0. The fraction of sp³-hybridized carbons (Fsp3) is 0.118. The third kappa shape index (κ3) is 2.48. The molecule has 5 nitrogen and oxygen atoms in total. The maximum Gasteiger partial charge on any atom is 0.161 e. The molecule has 0 aliphatic rings. The van der Waals surface area contributed by atoms with Crippen molar-refractivity contribution in [2.75, 3.05) is 0 Å². The number of rotatable bonds is 4. The second kappa shape index (κ2) is 5.44. The van der Waals surface area contributed by atoms with Gasteiger partial charge in [0, 0.05) is 12.0 Å². The minimum absolute atomic E-state index is 0.785. The van der Waals surface area contributed by atoms with E-state index in [-0.39, 0.29) is 0 Å². The third-order valence-corrected chi connectivity index (χ3v) is 3.72. The van der Waals surface area contributed by atoms with Gasteiger partial charge in [-0.3, -0.25) is 0 Å². The Morgan fingerprint density at radius 3 is 2.73 bits per heavy atom. The molecule has 0 saturated heterocycles. The molecule has 4 aromatic rings. The lowest BCUT2D eigenvalue weighted by molar-refractivity contribution is 0.865. The van der Waals surface area contributed by atoms with Crippen molar-refractivity contribution in [3.05, 3.63) is 66.2 Å². The van der Waals surface area contributed by atoms with Crippen LogP contribution < -0.4 is 0 Å². The number of hydrogen-bond donors (Lipinski definition) is 2. The Bertz CT molecular complexity index is 891. The fourth-order valence-electron chi connectivity index (χ4n) is 2.53. The van der Waals surface area contributed by atoms with Crippen LogP contribution in [0.4, 0.5) is 0 Å². The minimum Gasteiger partial charge on any atom is -0.345 e. The van der Waals surface area contributed by atoms with Crippen molar-refractivity contribution in [1.29, 1.82) is 0 Å². The van der Waals surface area contributed by atoms with Gasteiger partial charge in [-0.05, 0) is 30.2 Å². The van der Waals surface area contributed by atoms with E-state index in [2.05, 4.69) is 49.4 Å². The van der Waals surface area contributed by atoms with Crippen LogP contribution >= 0.6 is 0 Å². The lowest BCUT2D eigenvalue weighted by atomic mass is 10.1. The van der Waals surface area contributed by atoms with Crippen molar-refractivity contribution in [1.82, 2.24) is 25.1 Å². The number of hydrogen-bond acceptors (Lipinski definition) is 3. The molecule has 2 heterocycles. The number of aromatic nitrogens is 5. The maximum absolute atomic E-state index is 4.27. The van der Waals surface area contributed by atoms with E-state index in [4.69, 9.17) is 0 Å². The number of imidazole rings is 1. The highest BCUT2D eigenvalue weighted by Crippen LogP contribution is 2.19. The summed E-state index contributed by atoms with van der Waals surface area (Å²) >= 11 is 0. The van der Waals surface area contributed by atoms with Crippen LogP contribution in [0.5, 0.6) is 0 Å². The summed E-state index contributed by atoms with van der Waals surface area (Å²) < 4.78 is 0. The predicted molar refractivity (Wildman–Crippen MR) is 85.3 cm³/mol. The smallest absolute Gasteiger partial charge is 0.161 e. The molecule has 108 valence electrons. The lowest BCUT2D eigenvalue weighted by Gasteiger charge is -1.98. The van der Waals surface area contributed by atoms with Gasteiger partial charge in [-0.1, -0.05) is 30.3 Å². The van der Waals surface area contributed by atoms with Gasteiger partial charge in [-0.25, -0.2) is 4.98 Å². The molecule has 22 heavy (non-hydrogen) atoms. The van der Waals surface area contributed by atoms with Gasteiger partial charge in [0.25, 0.3) is 0 Å². The topological polar surface area (TPSA) is 70.2 Å². The molecule has 2 aromatic carbocycles. The van der Waals surface area contributed by atoms with Crippen molar-refractivity contribution in [2.24, 2.45) is 0 Å². The highest BCUT2D eigenvalue weighted by Gasteiger charge is 2.07. The largest absolute Gasteiger partial charge is 0.345 e. The van der Waals surface area contributed by atoms with E-state index < -0.39 is 0 Å². The summed E-state index contributed by atoms with van der Waals surface area (Å²) in [7, 11) is 0. The average molecular weight is 289 g/mol. The molecule has 0 amide bonds. The first-order chi connectivity index (χ1) is 10.9. The summed E-state index contributed by atoms with van der Waals surface area (Å²) in [5, 5.41) is 8.49. The SMILES string of the molecule is c1ccc(CCc2nnc(-c3ccc4[nH]cnc4c3)[nH]2)cc1. The molecule has 0 spiro atoms. The van der Waals surface area contributed by atoms with Gasteiger partial charge in [-0.2, -0.15) is 0 Å². The minimum atomic E-state index is 0.785. The van der Waals surface area contributed by atoms with Gasteiger partial charge in [0.15, 0.2) is 5.82 Å². The Kier molecular flexibility index (Phi) is 3.16. The summed E-state index contributed by atoms with van der Waals surface area (Å²) in [5.41, 5.74) is 4.25. The zero-order valence-electron chi connectivity index (χ0n) is 12.0. The quantitative estimate of drug-likeness (QED) is 0.606. The van der Waals surface area contributed by atoms with Crippen LogP contribution in [0, 0.1) is 0 Å². The predicted octanol–water partition coefficient (Wildman–Crippen LogP) is 3.13. The molecule has 0 aliphatic heterocycles. The Hall–Kier alpha value is -2.95. The summed E-state index contributed by atoms with van der Waals surface area (Å²) in [4.78, 5) is 10.7. The van der Waals surface area contributed by atoms with Gasteiger partial charge in [0.05, 0.1) is 17.4 Å². The maximum atomic E-state index is 4.27. The Morgan fingerprint density at radius 2 is 1.82 bits per heavy atom. The van der Waals surface area contributed by atoms with Gasteiger partial charge < -0.3 is 9.97 Å². The number of H-pyrrole nitrogens is 2. The van der Waals surface area contributed by atoms with E-state index in [1.54, 1.807) is 6.33 Å². The first kappa shape index (κ1) is 12.8. The van der Waals surface area contributed by atoms with Gasteiger partial charge in [0.2, 0.25) is 0 Å². The van der Waals surface area contributed by atoms with E-state index in [9.17, 15) is 0 Å². The van der Waals surface area contributed by atoms with Gasteiger partial charge >= 0.3 is 0 Å². The summed E-state index contributed by atoms with van der Waals surface area (Å²) in [6.45, 7) is 0. The van der Waals surface area contributed by atoms with Gasteiger partial charge in [0.1, 0.15) is 5.82 Å². The summed E-state index contributed by atoms with van der Waals surface area (Å²) in [6.07, 6.45) is 3.50. The molecular formula is C17H15N5. The molecule has 0 aliphatic carbocycles. The van der Waals surface area contributed by atoms with Crippen molar-refractivity contribution in [3.63, 3.8) is 0 Å². The Morgan fingerprint density at radius 1 is 0.909 bits per heavy atom. The molecule has 0 unspecified atom stereocenters. The first-order valence-corrected chi connectivity index (χ1v) is 7.27. The van der Waals surface area contributed by atoms with Crippen LogP contribution in [-0.2, 0) is 12.8 Å². The summed E-state index contributed by atoms with van der Waals surface area (Å²) in [6, 6.07) is 16.4. The van der Waals surface area contributed by atoms with Crippen LogP contribution in [-0.4, -0.2) is 25.1 Å². The number of nitrogens with one attached hydrogen (secondary N) is 2. The lowest BCUT2D eigenvalue weighted by Crippen LogP contribution is -1.93. The highest BCUT2D eigenvalue weighted by atomic mass is 15.2. The second-order valence-corrected chi connectivity index (χ2v) is 5.24. The molecule has 0 bridgehead atoms. The third-order valence-electron chi connectivity index (χ3n) is 3.72. The zero-order chi connectivity index (χ0) is 14.8. The van der Waals surface area contributed by atoms with Crippen molar-refractivity contribution in [2.45, 2.75) is 12.8 Å². The van der Waals surface area contributed by atoms with Crippen LogP contribution in [0.1, 0.15) is 11.4 Å². The number of aryl methyl sites for hydroxylation is 2. The monoisotopic (exact) mass is 289 g/mol. The van der Waals surface area contributed by atoms with E-state index >= 15 is 0 Å². The Labute approximate surface area is 127 Å². The standard InChI is InChI=1S/C17H15N5/c1-2-4-12(5-3-1)6-9-16-20-17(22-21-16)13-7-8-14-15(10-13)19-11-18-14/h1-5,7-8,10-11H,6,9H2,(H,18,19)(H,20,21,22). The van der Waals surface area contributed by atoms with E-state index in [0.717, 1.165) is 41.1 Å². The highest BCUT2D eigenvalue weighted by molar-refractivity contribution is 5.79. The second-order valence-electron chi connectivity index (χ2n) is 5.24. The van der Waals surface area contributed by atoms with Crippen LogP contribution in [0.3, 0.4) is 0 Å². The molecule has 0 saturated carbocycles. The molecule has 0 radical (unpaired) electrons. The first-order valence-electron chi connectivity index (χ1n) is 7.27. The van der Waals surface area contributed by atoms with Gasteiger partial charge in [-0.15, -0.1) is 10.2 Å². The fourth-order valence-corrected chi connectivity index (χ4v) is 2.53. The van der Waals surface area contributed by atoms with E-state index in [1.165, 1.54) is 5.56 Å². The number of benzene rings is 2. The molecule has 5 heteroatoms. The molecule has 0 atom stereocenters. The molecule has 2 N–H and O–H groups in total. The molecule has 4 rings (SSSR count). The van der Waals surface area contributed by atoms with Crippen molar-refractivity contribution < 1.29 is 0 Å². The molecule has 2 aromatic heterocycles. The summed E-state index contributed by atoms with van der Waals surface area (Å²) in [5.74, 6) is 1.69. The van der Waals surface area contributed by atoms with Crippen LogP contribution in [0.25, 0.3) is 22.4 Å². The average Bonchev–Trinajstić information content (AvgIpc) is 3.22. The van der Waals surface area contributed by atoms with Crippen molar-refractivity contribution in [3.8, 4) is 11.4 Å². The van der Waals surface area contributed by atoms with E-state index in [1.807, 2.05) is 24.3 Å². The molecule has 0 fully saturated rings. The van der Waals surface area contributed by atoms with Crippen LogP contribution in [0.15, 0.2) is 54.9 Å².